The predicted octanol–water partition coefficient (Wildman–Crippen LogP) is 2.15. The summed E-state index contributed by atoms with van der Waals surface area (Å²) in [6.45, 7) is 7.07. The van der Waals surface area contributed by atoms with Crippen molar-refractivity contribution in [3.63, 3.8) is 0 Å². The standard InChI is InChI=1S/C14H26B3NO/c1-3-18(17(15)16)10-8-13(2)9-11-19-14(12-13)6-4-5-7-14/h3-12H2,1-2H3. The van der Waals surface area contributed by atoms with Gasteiger partial charge >= 0.3 is 0 Å². The molecule has 1 heterocycles. The molecule has 1 unspecified atom stereocenters. The fourth-order valence-electron chi connectivity index (χ4n) is 3.92. The molecule has 2 aliphatic rings. The van der Waals surface area contributed by atoms with Crippen LogP contribution in [0, 0.1) is 5.41 Å². The van der Waals surface area contributed by atoms with E-state index in [1.807, 2.05) is 0 Å². The van der Waals surface area contributed by atoms with Crippen LogP contribution in [0.1, 0.15) is 58.8 Å². The quantitative estimate of drug-likeness (QED) is 0.699. The third-order valence-corrected chi connectivity index (χ3v) is 5.21. The summed E-state index contributed by atoms with van der Waals surface area (Å²) < 4.78 is 6.14. The van der Waals surface area contributed by atoms with Gasteiger partial charge in [-0.25, -0.2) is 0 Å². The van der Waals surface area contributed by atoms with Crippen molar-refractivity contribution in [2.24, 2.45) is 5.41 Å². The van der Waals surface area contributed by atoms with E-state index < -0.39 is 0 Å². The Labute approximate surface area is 121 Å². The minimum atomic E-state index is -0.325. The minimum absolute atomic E-state index is 0.203. The minimum Gasteiger partial charge on any atom is -0.375 e. The molecular formula is C14H26B3NO. The fourth-order valence-corrected chi connectivity index (χ4v) is 3.92. The molecule has 2 rings (SSSR count). The van der Waals surface area contributed by atoms with Gasteiger partial charge in [-0.05, 0) is 50.6 Å². The summed E-state index contributed by atoms with van der Waals surface area (Å²) in [4.78, 5) is 2.15. The Morgan fingerprint density at radius 1 is 1.21 bits per heavy atom. The van der Waals surface area contributed by atoms with E-state index in [9.17, 15) is 0 Å². The Balaban J connectivity index is 1.90. The third kappa shape index (κ3) is 3.82. The predicted molar refractivity (Wildman–Crippen MR) is 83.6 cm³/mol. The fraction of sp³-hybridized carbons (Fsp3) is 1.00. The number of rotatable bonds is 5. The maximum Gasteiger partial charge on any atom is 0.120 e. The second-order valence-corrected chi connectivity index (χ2v) is 6.85. The average molecular weight is 257 g/mol. The molecule has 1 saturated heterocycles. The van der Waals surface area contributed by atoms with E-state index in [0.717, 1.165) is 19.7 Å². The van der Waals surface area contributed by atoms with Gasteiger partial charge in [0.1, 0.15) is 6.63 Å². The first-order chi connectivity index (χ1) is 8.99. The van der Waals surface area contributed by atoms with Crippen LogP contribution in [0.3, 0.4) is 0 Å². The number of nitrogens with zero attached hydrogens (tertiary/aromatic N) is 1. The first kappa shape index (κ1) is 15.5. The molecule has 19 heavy (non-hydrogen) atoms. The first-order valence-corrected chi connectivity index (χ1v) is 7.88. The van der Waals surface area contributed by atoms with Crippen molar-refractivity contribution in [3.05, 3.63) is 0 Å². The van der Waals surface area contributed by atoms with Gasteiger partial charge in [-0.15, -0.1) is 0 Å². The van der Waals surface area contributed by atoms with Gasteiger partial charge in [0.15, 0.2) is 0 Å². The Morgan fingerprint density at radius 3 is 2.47 bits per heavy atom. The highest BCUT2D eigenvalue weighted by Gasteiger charge is 2.44. The molecule has 0 aromatic carbocycles. The van der Waals surface area contributed by atoms with Crippen molar-refractivity contribution in [1.82, 2.24) is 4.81 Å². The SMILES string of the molecule is [B]B([B])N(CC)CCC1(C)CCOC2(CCCC2)C1. The van der Waals surface area contributed by atoms with Gasteiger partial charge in [-0.2, -0.15) is 0 Å². The molecule has 1 aliphatic carbocycles. The maximum absolute atomic E-state index is 6.14. The Bertz CT molecular complexity index is 294. The molecule has 0 aromatic heterocycles. The monoisotopic (exact) mass is 257 g/mol. The first-order valence-electron chi connectivity index (χ1n) is 7.88. The maximum atomic E-state index is 6.14. The number of hydrogen-bond acceptors (Lipinski definition) is 2. The highest BCUT2D eigenvalue weighted by atomic mass is 16.5. The second-order valence-electron chi connectivity index (χ2n) is 6.85. The number of hydrogen-bond donors (Lipinski definition) is 0. The zero-order valence-electron chi connectivity index (χ0n) is 12.7. The van der Waals surface area contributed by atoms with Gasteiger partial charge in [0, 0.05) is 22.1 Å². The van der Waals surface area contributed by atoms with E-state index in [2.05, 4.69) is 18.7 Å². The van der Waals surface area contributed by atoms with Crippen LogP contribution < -0.4 is 0 Å². The molecule has 1 aliphatic heterocycles. The molecule has 0 bridgehead atoms. The second kappa shape index (κ2) is 6.26. The number of ether oxygens (including phenoxy) is 1. The zero-order valence-corrected chi connectivity index (χ0v) is 12.7. The van der Waals surface area contributed by atoms with Gasteiger partial charge in [0.25, 0.3) is 0 Å². The van der Waals surface area contributed by atoms with Crippen LogP contribution in [0.15, 0.2) is 0 Å². The van der Waals surface area contributed by atoms with Crippen LogP contribution in [0.2, 0.25) is 0 Å². The summed E-state index contributed by atoms with van der Waals surface area (Å²) >= 11 is 0. The molecule has 0 N–H and O–H groups in total. The molecule has 4 radical (unpaired) electrons. The van der Waals surface area contributed by atoms with Crippen LogP contribution in [-0.2, 0) is 4.74 Å². The normalized spacial score (nSPS) is 30.1. The summed E-state index contributed by atoms with van der Waals surface area (Å²) in [6.07, 6.45) is 8.77. The van der Waals surface area contributed by atoms with E-state index in [4.69, 9.17) is 20.2 Å². The van der Waals surface area contributed by atoms with Crippen molar-refractivity contribution < 1.29 is 4.74 Å². The van der Waals surface area contributed by atoms with E-state index >= 15 is 0 Å². The van der Waals surface area contributed by atoms with Crippen molar-refractivity contribution in [2.45, 2.75) is 64.4 Å². The highest BCUT2D eigenvalue weighted by Crippen LogP contribution is 2.48. The largest absolute Gasteiger partial charge is 0.375 e. The van der Waals surface area contributed by atoms with Gasteiger partial charge in [0.05, 0.1) is 5.60 Å². The van der Waals surface area contributed by atoms with E-state index in [-0.39, 0.29) is 12.2 Å². The van der Waals surface area contributed by atoms with Gasteiger partial charge in [-0.1, -0.05) is 26.7 Å². The lowest BCUT2D eigenvalue weighted by atomic mass is 9.26. The van der Waals surface area contributed by atoms with E-state index in [0.29, 0.717) is 5.41 Å². The van der Waals surface area contributed by atoms with Gasteiger partial charge in [-0.3, -0.25) is 0 Å². The average Bonchev–Trinajstić information content (AvgIpc) is 2.77. The lowest BCUT2D eigenvalue weighted by molar-refractivity contribution is -0.120. The Morgan fingerprint density at radius 2 is 1.89 bits per heavy atom. The molecule has 1 spiro atoms. The van der Waals surface area contributed by atoms with Crippen LogP contribution in [0.25, 0.3) is 0 Å². The smallest absolute Gasteiger partial charge is 0.120 e. The molecule has 1 atom stereocenters. The molecule has 102 valence electrons. The molecule has 2 nitrogen and oxygen atoms in total. The van der Waals surface area contributed by atoms with E-state index in [1.165, 1.54) is 44.9 Å². The van der Waals surface area contributed by atoms with Crippen molar-refractivity contribution in [3.8, 4) is 0 Å². The summed E-state index contributed by atoms with van der Waals surface area (Å²) in [5.74, 6) is 0. The highest BCUT2D eigenvalue weighted by molar-refractivity contribution is 7.27. The summed E-state index contributed by atoms with van der Waals surface area (Å²) in [6, 6.07) is 0. The van der Waals surface area contributed by atoms with Crippen LogP contribution in [0.4, 0.5) is 0 Å². The van der Waals surface area contributed by atoms with Crippen LogP contribution in [-0.4, -0.2) is 52.2 Å². The summed E-state index contributed by atoms with van der Waals surface area (Å²) in [7, 11) is 11.6. The third-order valence-electron chi connectivity index (χ3n) is 5.21. The van der Waals surface area contributed by atoms with Gasteiger partial charge < -0.3 is 9.55 Å². The van der Waals surface area contributed by atoms with E-state index in [1.54, 1.807) is 0 Å². The molecule has 0 amide bonds. The van der Waals surface area contributed by atoms with Crippen LogP contribution >= 0.6 is 0 Å². The molecule has 2 fully saturated rings. The Kier molecular flexibility index (Phi) is 5.11. The molecule has 0 aromatic rings. The molecule has 5 heteroatoms. The topological polar surface area (TPSA) is 12.5 Å². The van der Waals surface area contributed by atoms with Crippen molar-refractivity contribution in [2.75, 3.05) is 19.7 Å². The van der Waals surface area contributed by atoms with Gasteiger partial charge in [0.2, 0.25) is 0 Å². The van der Waals surface area contributed by atoms with Crippen LogP contribution in [0.5, 0.6) is 0 Å². The summed E-state index contributed by atoms with van der Waals surface area (Å²) in [5, 5.41) is 0. The lowest BCUT2D eigenvalue weighted by Crippen LogP contribution is -2.46. The zero-order chi connectivity index (χ0) is 13.9. The Hall–Kier alpha value is 0.115. The summed E-state index contributed by atoms with van der Waals surface area (Å²) in [5.41, 5.74) is 0.597. The van der Waals surface area contributed by atoms with Crippen molar-refractivity contribution >= 4 is 22.1 Å². The molecular weight excluding hydrogens is 231 g/mol. The lowest BCUT2D eigenvalue weighted by Gasteiger charge is -2.45. The molecule has 1 saturated carbocycles. The van der Waals surface area contributed by atoms with Crippen molar-refractivity contribution in [1.29, 1.82) is 0 Å².